The van der Waals surface area contributed by atoms with Gasteiger partial charge in [0.05, 0.1) is 5.41 Å². The molecule has 3 heterocycles. The van der Waals surface area contributed by atoms with Gasteiger partial charge in [-0.25, -0.2) is 14.6 Å². The van der Waals surface area contributed by atoms with Crippen molar-refractivity contribution < 1.29 is 9.53 Å². The lowest BCUT2D eigenvalue weighted by molar-refractivity contribution is -0.132. The summed E-state index contributed by atoms with van der Waals surface area (Å²) in [6.07, 6.45) is 5.93. The number of nitrogens with zero attached hydrogens (tertiary/aromatic N) is 4. The molecule has 5 N–H and O–H groups in total. The number of nitrogens with one attached hydrogen (secondary N) is 1. The number of aromatic nitrogens is 4. The molecule has 23 heavy (non-hydrogen) atoms. The summed E-state index contributed by atoms with van der Waals surface area (Å²) in [5.41, 5.74) is 11.4. The fraction of sp³-hybridized carbons (Fsp3) is 0.429. The molecule has 1 saturated heterocycles. The van der Waals surface area contributed by atoms with Crippen LogP contribution in [0.5, 0.6) is 0 Å². The second kappa shape index (κ2) is 6.21. The van der Waals surface area contributed by atoms with E-state index in [9.17, 15) is 4.79 Å². The quantitative estimate of drug-likeness (QED) is 0.703. The molecule has 1 amide bonds. The first-order valence-electron chi connectivity index (χ1n) is 7.34. The van der Waals surface area contributed by atoms with Crippen LogP contribution in [0.15, 0.2) is 24.8 Å². The Morgan fingerprint density at radius 3 is 2.83 bits per heavy atom. The van der Waals surface area contributed by atoms with Crippen molar-refractivity contribution >= 4 is 17.4 Å². The monoisotopic (exact) mass is 317 g/mol. The van der Waals surface area contributed by atoms with Gasteiger partial charge in [-0.15, -0.1) is 0 Å². The number of carbonyl (C=O) groups is 1. The van der Waals surface area contributed by atoms with Gasteiger partial charge >= 0.3 is 0 Å². The Bertz CT molecular complexity index is 680. The Labute approximate surface area is 133 Å². The number of carbonyl (C=O) groups excluding carboxylic acids is 1. The van der Waals surface area contributed by atoms with Crippen LogP contribution in [0.3, 0.4) is 0 Å². The Morgan fingerprint density at radius 1 is 1.39 bits per heavy atom. The van der Waals surface area contributed by atoms with Gasteiger partial charge in [-0.05, 0) is 18.9 Å². The smallest absolute Gasteiger partial charge is 0.225 e. The first-order valence-corrected chi connectivity index (χ1v) is 7.34. The van der Waals surface area contributed by atoms with Crippen molar-refractivity contribution in [1.29, 1.82) is 0 Å². The zero-order valence-electron chi connectivity index (χ0n) is 12.6. The van der Waals surface area contributed by atoms with Gasteiger partial charge in [0, 0.05) is 32.2 Å². The number of hydrogen-bond acceptors (Lipinski definition) is 7. The predicted molar refractivity (Wildman–Crippen MR) is 83.7 cm³/mol. The molecule has 9 heteroatoms. The van der Waals surface area contributed by atoms with E-state index in [0.29, 0.717) is 49.9 Å². The third kappa shape index (κ3) is 2.95. The number of rotatable bonds is 5. The molecule has 2 aromatic rings. The second-order valence-electron chi connectivity index (χ2n) is 5.52. The molecule has 0 unspecified atom stereocenters. The number of primary amides is 1. The van der Waals surface area contributed by atoms with Crippen LogP contribution in [0.1, 0.15) is 12.8 Å². The highest BCUT2D eigenvalue weighted by Crippen LogP contribution is 2.31. The molecule has 0 saturated carbocycles. The average Bonchev–Trinajstić information content (AvgIpc) is 3.09. The molecular formula is C14H19N7O2. The maximum Gasteiger partial charge on any atom is 0.225 e. The molecule has 0 aliphatic carbocycles. The van der Waals surface area contributed by atoms with Crippen molar-refractivity contribution in [3.05, 3.63) is 24.8 Å². The van der Waals surface area contributed by atoms with Gasteiger partial charge in [-0.2, -0.15) is 5.10 Å². The van der Waals surface area contributed by atoms with Crippen molar-refractivity contribution in [3.63, 3.8) is 0 Å². The summed E-state index contributed by atoms with van der Waals surface area (Å²) in [5, 5.41) is 7.24. The minimum absolute atomic E-state index is 0.340. The Hall–Kier alpha value is -2.68. The molecule has 0 aromatic carbocycles. The average molecular weight is 317 g/mol. The number of amides is 1. The molecule has 3 rings (SSSR count). The number of nitrogen functional groups attached to an aromatic ring is 1. The van der Waals surface area contributed by atoms with Crippen LogP contribution in [0.25, 0.3) is 5.82 Å². The molecule has 0 spiro atoms. The lowest BCUT2D eigenvalue weighted by Gasteiger charge is -2.34. The first-order chi connectivity index (χ1) is 11.1. The number of nitrogens with two attached hydrogens (primary N) is 2. The molecular weight excluding hydrogens is 298 g/mol. The zero-order valence-corrected chi connectivity index (χ0v) is 12.6. The number of hydrogen-bond donors (Lipinski definition) is 3. The fourth-order valence-corrected chi connectivity index (χ4v) is 2.63. The highest BCUT2D eigenvalue weighted by Gasteiger charge is 2.38. The minimum Gasteiger partial charge on any atom is -0.393 e. The van der Waals surface area contributed by atoms with E-state index < -0.39 is 5.41 Å². The van der Waals surface area contributed by atoms with Crippen LogP contribution >= 0.6 is 0 Å². The lowest BCUT2D eigenvalue weighted by Crippen LogP contribution is -2.46. The van der Waals surface area contributed by atoms with E-state index in [1.807, 2.05) is 0 Å². The van der Waals surface area contributed by atoms with E-state index in [1.54, 1.807) is 23.1 Å². The van der Waals surface area contributed by atoms with E-state index in [1.165, 1.54) is 6.33 Å². The van der Waals surface area contributed by atoms with Gasteiger partial charge in [-0.1, -0.05) is 0 Å². The standard InChI is InChI=1S/C14H19N7O2/c15-10-11(18-9-19-12(10)21-5-1-4-20-21)17-8-14(13(16)22)2-6-23-7-3-14/h1,4-5,9H,2-3,6-8,15H2,(H2,16,22)(H,17,18,19). The van der Waals surface area contributed by atoms with E-state index in [4.69, 9.17) is 16.2 Å². The van der Waals surface area contributed by atoms with Crippen LogP contribution in [0, 0.1) is 5.41 Å². The molecule has 0 bridgehead atoms. The Kier molecular flexibility index (Phi) is 4.11. The van der Waals surface area contributed by atoms with Gasteiger partial charge in [0.25, 0.3) is 0 Å². The summed E-state index contributed by atoms with van der Waals surface area (Å²) in [4.78, 5) is 20.2. The number of anilines is 2. The van der Waals surface area contributed by atoms with E-state index in [0.717, 1.165) is 0 Å². The summed E-state index contributed by atoms with van der Waals surface area (Å²) in [5.74, 6) is 0.596. The van der Waals surface area contributed by atoms with Crippen LogP contribution in [0.2, 0.25) is 0 Å². The minimum atomic E-state index is -0.651. The van der Waals surface area contributed by atoms with E-state index in [-0.39, 0.29) is 5.91 Å². The molecule has 1 fully saturated rings. The third-order valence-electron chi connectivity index (χ3n) is 4.15. The van der Waals surface area contributed by atoms with Crippen LogP contribution in [-0.4, -0.2) is 45.4 Å². The summed E-state index contributed by atoms with van der Waals surface area (Å²) < 4.78 is 6.88. The second-order valence-corrected chi connectivity index (χ2v) is 5.52. The van der Waals surface area contributed by atoms with Crippen molar-refractivity contribution in [2.24, 2.45) is 11.1 Å². The van der Waals surface area contributed by atoms with Gasteiger partial charge < -0.3 is 21.5 Å². The predicted octanol–water partition coefficient (Wildman–Crippen LogP) is -0.0615. The van der Waals surface area contributed by atoms with Crippen molar-refractivity contribution in [2.75, 3.05) is 30.8 Å². The van der Waals surface area contributed by atoms with Gasteiger partial charge in [-0.3, -0.25) is 4.79 Å². The SMILES string of the molecule is NC(=O)C1(CNc2ncnc(-n3cccn3)c2N)CCOCC1. The van der Waals surface area contributed by atoms with E-state index in [2.05, 4.69) is 20.4 Å². The Balaban J connectivity index is 1.80. The van der Waals surface area contributed by atoms with Crippen LogP contribution in [-0.2, 0) is 9.53 Å². The summed E-state index contributed by atoms with van der Waals surface area (Å²) in [6.45, 7) is 1.39. The maximum absolute atomic E-state index is 11.9. The van der Waals surface area contributed by atoms with Crippen molar-refractivity contribution in [2.45, 2.75) is 12.8 Å². The lowest BCUT2D eigenvalue weighted by atomic mass is 9.79. The molecule has 122 valence electrons. The summed E-state index contributed by atoms with van der Waals surface area (Å²) in [7, 11) is 0. The molecule has 0 atom stereocenters. The fourth-order valence-electron chi connectivity index (χ4n) is 2.63. The molecule has 1 aliphatic heterocycles. The highest BCUT2D eigenvalue weighted by atomic mass is 16.5. The molecule has 1 aliphatic rings. The number of ether oxygens (including phenoxy) is 1. The van der Waals surface area contributed by atoms with Crippen LogP contribution < -0.4 is 16.8 Å². The Morgan fingerprint density at radius 2 is 2.17 bits per heavy atom. The van der Waals surface area contributed by atoms with Gasteiger partial charge in [0.1, 0.15) is 12.0 Å². The largest absolute Gasteiger partial charge is 0.393 e. The van der Waals surface area contributed by atoms with Gasteiger partial charge in [0.2, 0.25) is 5.91 Å². The van der Waals surface area contributed by atoms with Crippen LogP contribution in [0.4, 0.5) is 11.5 Å². The van der Waals surface area contributed by atoms with E-state index >= 15 is 0 Å². The van der Waals surface area contributed by atoms with Crippen molar-refractivity contribution in [1.82, 2.24) is 19.7 Å². The zero-order chi connectivity index (χ0) is 16.3. The molecule has 0 radical (unpaired) electrons. The highest BCUT2D eigenvalue weighted by molar-refractivity contribution is 5.82. The summed E-state index contributed by atoms with van der Waals surface area (Å²) in [6, 6.07) is 1.78. The van der Waals surface area contributed by atoms with Gasteiger partial charge in [0.15, 0.2) is 11.6 Å². The van der Waals surface area contributed by atoms with Crippen molar-refractivity contribution in [3.8, 4) is 5.82 Å². The summed E-state index contributed by atoms with van der Waals surface area (Å²) >= 11 is 0. The maximum atomic E-state index is 11.9. The third-order valence-corrected chi connectivity index (χ3v) is 4.15. The molecule has 2 aromatic heterocycles. The first kappa shape index (κ1) is 15.2. The normalized spacial score (nSPS) is 16.9. The molecule has 9 nitrogen and oxygen atoms in total. The topological polar surface area (TPSA) is 134 Å².